The van der Waals surface area contributed by atoms with Crippen molar-refractivity contribution in [2.45, 2.75) is 6.18 Å². The molecule has 0 bridgehead atoms. The van der Waals surface area contributed by atoms with Gasteiger partial charge in [-0.15, -0.1) is 0 Å². The number of aromatic hydroxyl groups is 1. The van der Waals surface area contributed by atoms with Crippen LogP contribution in [-0.4, -0.2) is 55.3 Å². The predicted octanol–water partition coefficient (Wildman–Crippen LogP) is 2.59. The number of hydrogen-bond acceptors (Lipinski definition) is 6. The lowest BCUT2D eigenvalue weighted by Gasteiger charge is -2.36. The molecule has 0 amide bonds. The number of halogens is 3. The standard InChI is InChI=1S/C17H20F3N5O/c1-23(2)15-11-14(17(18,19)20)21-16(22-15)25-9-7-24(8-10-25)12-3-5-13(26)6-4-12/h3-6,11,26H,7-10H2,1-2H3. The van der Waals surface area contributed by atoms with Crippen molar-refractivity contribution in [2.75, 3.05) is 55.0 Å². The first-order valence-electron chi connectivity index (χ1n) is 8.16. The van der Waals surface area contributed by atoms with E-state index in [0.717, 1.165) is 11.8 Å². The average Bonchev–Trinajstić information content (AvgIpc) is 2.61. The van der Waals surface area contributed by atoms with Crippen molar-refractivity contribution in [3.05, 3.63) is 36.0 Å². The van der Waals surface area contributed by atoms with Crippen LogP contribution in [0.25, 0.3) is 0 Å². The van der Waals surface area contributed by atoms with Crippen molar-refractivity contribution in [2.24, 2.45) is 0 Å². The van der Waals surface area contributed by atoms with Crippen LogP contribution in [-0.2, 0) is 6.18 Å². The summed E-state index contributed by atoms with van der Waals surface area (Å²) in [6.07, 6.45) is -4.52. The molecular weight excluding hydrogens is 347 g/mol. The van der Waals surface area contributed by atoms with Crippen LogP contribution in [0.4, 0.5) is 30.6 Å². The minimum atomic E-state index is -4.52. The molecule has 0 aliphatic carbocycles. The molecule has 0 saturated carbocycles. The first kappa shape index (κ1) is 18.1. The Morgan fingerprint density at radius 2 is 1.54 bits per heavy atom. The first-order valence-corrected chi connectivity index (χ1v) is 8.16. The maximum absolute atomic E-state index is 13.1. The van der Waals surface area contributed by atoms with E-state index in [2.05, 4.69) is 14.9 Å². The third-order valence-electron chi connectivity index (χ3n) is 4.23. The van der Waals surface area contributed by atoms with Crippen LogP contribution in [0.5, 0.6) is 5.75 Å². The topological polar surface area (TPSA) is 55.7 Å². The number of piperazine rings is 1. The molecule has 0 spiro atoms. The van der Waals surface area contributed by atoms with E-state index in [4.69, 9.17) is 0 Å². The van der Waals surface area contributed by atoms with E-state index < -0.39 is 11.9 Å². The fourth-order valence-corrected chi connectivity index (χ4v) is 2.77. The van der Waals surface area contributed by atoms with E-state index in [1.54, 1.807) is 31.1 Å². The number of hydrogen-bond donors (Lipinski definition) is 1. The average molecular weight is 367 g/mol. The molecule has 1 aromatic heterocycles. The number of phenolic OH excluding ortho intramolecular Hbond substituents is 1. The molecular formula is C17H20F3N5O. The largest absolute Gasteiger partial charge is 0.508 e. The molecule has 9 heteroatoms. The normalized spacial score (nSPS) is 15.3. The van der Waals surface area contributed by atoms with E-state index in [0.29, 0.717) is 26.2 Å². The lowest BCUT2D eigenvalue weighted by Crippen LogP contribution is -2.47. The molecule has 0 unspecified atom stereocenters. The molecule has 1 aromatic carbocycles. The van der Waals surface area contributed by atoms with Crippen LogP contribution < -0.4 is 14.7 Å². The molecule has 1 N–H and O–H groups in total. The number of anilines is 3. The van der Waals surface area contributed by atoms with Gasteiger partial charge in [0.05, 0.1) is 0 Å². The smallest absolute Gasteiger partial charge is 0.433 e. The molecule has 0 atom stereocenters. The van der Waals surface area contributed by atoms with Crippen LogP contribution in [0, 0.1) is 0 Å². The second-order valence-electron chi connectivity index (χ2n) is 6.29. The van der Waals surface area contributed by atoms with Crippen molar-refractivity contribution < 1.29 is 18.3 Å². The van der Waals surface area contributed by atoms with Crippen molar-refractivity contribution >= 4 is 17.5 Å². The van der Waals surface area contributed by atoms with Gasteiger partial charge in [-0.3, -0.25) is 0 Å². The van der Waals surface area contributed by atoms with Gasteiger partial charge in [-0.25, -0.2) is 4.98 Å². The Hall–Kier alpha value is -2.71. The lowest BCUT2D eigenvalue weighted by atomic mass is 10.2. The van der Waals surface area contributed by atoms with Crippen molar-refractivity contribution in [3.63, 3.8) is 0 Å². The monoisotopic (exact) mass is 367 g/mol. The van der Waals surface area contributed by atoms with E-state index in [1.165, 1.54) is 4.90 Å². The van der Waals surface area contributed by atoms with Gasteiger partial charge in [0, 0.05) is 52.0 Å². The second-order valence-corrected chi connectivity index (χ2v) is 6.29. The Kier molecular flexibility index (Phi) is 4.80. The van der Waals surface area contributed by atoms with Gasteiger partial charge < -0.3 is 19.8 Å². The summed E-state index contributed by atoms with van der Waals surface area (Å²) in [6.45, 7) is 2.27. The Labute approximate surface area is 149 Å². The summed E-state index contributed by atoms with van der Waals surface area (Å²) >= 11 is 0. The number of alkyl halides is 3. The zero-order chi connectivity index (χ0) is 18.9. The molecule has 2 heterocycles. The molecule has 26 heavy (non-hydrogen) atoms. The van der Waals surface area contributed by atoms with Gasteiger partial charge >= 0.3 is 6.18 Å². The van der Waals surface area contributed by atoms with Gasteiger partial charge in [0.15, 0.2) is 5.69 Å². The van der Waals surface area contributed by atoms with Gasteiger partial charge in [0.25, 0.3) is 0 Å². The van der Waals surface area contributed by atoms with Crippen LogP contribution in [0.2, 0.25) is 0 Å². The molecule has 1 saturated heterocycles. The molecule has 1 aliphatic rings. The zero-order valence-corrected chi connectivity index (χ0v) is 14.5. The highest BCUT2D eigenvalue weighted by molar-refractivity contribution is 5.51. The number of phenols is 1. The maximum Gasteiger partial charge on any atom is 0.433 e. The SMILES string of the molecule is CN(C)c1cc(C(F)(F)F)nc(N2CCN(c3ccc(O)cc3)CC2)n1. The highest BCUT2D eigenvalue weighted by Gasteiger charge is 2.34. The van der Waals surface area contributed by atoms with E-state index in [9.17, 15) is 18.3 Å². The molecule has 1 fully saturated rings. The highest BCUT2D eigenvalue weighted by Crippen LogP contribution is 2.31. The molecule has 140 valence electrons. The maximum atomic E-state index is 13.1. The number of aromatic nitrogens is 2. The van der Waals surface area contributed by atoms with E-state index >= 15 is 0 Å². The minimum absolute atomic E-state index is 0.0916. The van der Waals surface area contributed by atoms with Crippen molar-refractivity contribution in [1.82, 2.24) is 9.97 Å². The Bertz CT molecular complexity index is 756. The number of rotatable bonds is 3. The summed E-state index contributed by atoms with van der Waals surface area (Å²) < 4.78 is 39.4. The minimum Gasteiger partial charge on any atom is -0.508 e. The van der Waals surface area contributed by atoms with Crippen LogP contribution >= 0.6 is 0 Å². The summed E-state index contributed by atoms with van der Waals surface area (Å²) in [5.41, 5.74) is 0.0218. The summed E-state index contributed by atoms with van der Waals surface area (Å²) in [7, 11) is 3.30. The third-order valence-corrected chi connectivity index (χ3v) is 4.23. The summed E-state index contributed by atoms with van der Waals surface area (Å²) in [5.74, 6) is 0.512. The molecule has 1 aliphatic heterocycles. The second kappa shape index (κ2) is 6.89. The Morgan fingerprint density at radius 1 is 0.962 bits per heavy atom. The molecule has 2 aromatic rings. The van der Waals surface area contributed by atoms with Crippen molar-refractivity contribution in [1.29, 1.82) is 0 Å². The van der Waals surface area contributed by atoms with Gasteiger partial charge in [0.1, 0.15) is 11.6 Å². The fourth-order valence-electron chi connectivity index (χ4n) is 2.77. The van der Waals surface area contributed by atoms with Gasteiger partial charge in [-0.1, -0.05) is 0 Å². The van der Waals surface area contributed by atoms with Crippen LogP contribution in [0.3, 0.4) is 0 Å². The third kappa shape index (κ3) is 3.92. The summed E-state index contributed by atoms with van der Waals surface area (Å²) in [4.78, 5) is 13.4. The Morgan fingerprint density at radius 3 is 2.08 bits per heavy atom. The van der Waals surface area contributed by atoms with Gasteiger partial charge in [0.2, 0.25) is 5.95 Å². The highest BCUT2D eigenvalue weighted by atomic mass is 19.4. The number of benzene rings is 1. The lowest BCUT2D eigenvalue weighted by molar-refractivity contribution is -0.141. The Balaban J connectivity index is 1.78. The quantitative estimate of drug-likeness (QED) is 0.900. The van der Waals surface area contributed by atoms with E-state index in [-0.39, 0.29) is 17.5 Å². The zero-order valence-electron chi connectivity index (χ0n) is 14.5. The molecule has 6 nitrogen and oxygen atoms in total. The van der Waals surface area contributed by atoms with Crippen LogP contribution in [0.15, 0.2) is 30.3 Å². The summed E-state index contributed by atoms with van der Waals surface area (Å²) in [6, 6.07) is 7.81. The number of nitrogens with zero attached hydrogens (tertiary/aromatic N) is 5. The summed E-state index contributed by atoms with van der Waals surface area (Å²) in [5, 5.41) is 9.37. The van der Waals surface area contributed by atoms with E-state index in [1.807, 2.05) is 12.1 Å². The fraction of sp³-hybridized carbons (Fsp3) is 0.412. The van der Waals surface area contributed by atoms with Gasteiger partial charge in [-0.05, 0) is 24.3 Å². The first-order chi connectivity index (χ1) is 12.2. The molecule has 0 radical (unpaired) electrons. The van der Waals surface area contributed by atoms with Crippen LogP contribution in [0.1, 0.15) is 5.69 Å². The predicted molar refractivity (Wildman–Crippen MR) is 93.9 cm³/mol. The van der Waals surface area contributed by atoms with Crippen molar-refractivity contribution in [3.8, 4) is 5.75 Å². The molecule has 3 rings (SSSR count). The van der Waals surface area contributed by atoms with Gasteiger partial charge in [-0.2, -0.15) is 18.2 Å².